The van der Waals surface area contributed by atoms with Crippen LogP contribution in [0.4, 0.5) is 0 Å². The molecule has 0 spiro atoms. The summed E-state index contributed by atoms with van der Waals surface area (Å²) in [6, 6.07) is 6.64. The number of hydrogen-bond donors (Lipinski definition) is 1. The highest BCUT2D eigenvalue weighted by molar-refractivity contribution is 5.54. The summed E-state index contributed by atoms with van der Waals surface area (Å²) in [4.78, 5) is 0. The Kier molecular flexibility index (Phi) is 1.93. The lowest BCUT2D eigenvalue weighted by Crippen LogP contribution is -1.77. The van der Waals surface area contributed by atoms with Crippen LogP contribution in [0, 0.1) is 11.3 Å². The Balaban J connectivity index is 3.25. The summed E-state index contributed by atoms with van der Waals surface area (Å²) in [7, 11) is 0. The second kappa shape index (κ2) is 2.89. The molecule has 2 nitrogen and oxygen atoms in total. The Morgan fingerprint density at radius 1 is 1.55 bits per heavy atom. The summed E-state index contributed by atoms with van der Waals surface area (Å²) >= 11 is 0. The van der Waals surface area contributed by atoms with Crippen molar-refractivity contribution in [3.8, 4) is 11.8 Å². The van der Waals surface area contributed by atoms with Crippen LogP contribution in [0.1, 0.15) is 11.1 Å². The number of phenols is 1. The van der Waals surface area contributed by atoms with Gasteiger partial charge in [-0.25, -0.2) is 0 Å². The highest BCUT2D eigenvalue weighted by Crippen LogP contribution is 2.17. The largest absolute Gasteiger partial charge is 0.507 e. The number of benzene rings is 1. The molecule has 0 amide bonds. The highest BCUT2D eigenvalue weighted by atomic mass is 16.3. The fourth-order valence-electron chi connectivity index (χ4n) is 0.770. The number of aromatic hydroxyl groups is 1. The van der Waals surface area contributed by atoms with Crippen LogP contribution in [-0.4, -0.2) is 5.11 Å². The van der Waals surface area contributed by atoms with Gasteiger partial charge in [-0.15, -0.1) is 0 Å². The SMILES string of the molecule is C=Cc1ccc(O)c(C#N)c1. The lowest BCUT2D eigenvalue weighted by Gasteiger charge is -1.95. The van der Waals surface area contributed by atoms with Gasteiger partial charge in [0, 0.05) is 0 Å². The van der Waals surface area contributed by atoms with Gasteiger partial charge in [-0.05, 0) is 17.7 Å². The molecule has 0 saturated heterocycles. The first-order valence-electron chi connectivity index (χ1n) is 3.13. The monoisotopic (exact) mass is 145 g/mol. The second-order valence-corrected chi connectivity index (χ2v) is 2.09. The van der Waals surface area contributed by atoms with Gasteiger partial charge in [0.25, 0.3) is 0 Å². The van der Waals surface area contributed by atoms with E-state index in [2.05, 4.69) is 6.58 Å². The van der Waals surface area contributed by atoms with Crippen molar-refractivity contribution in [3.05, 3.63) is 35.9 Å². The third kappa shape index (κ3) is 1.39. The van der Waals surface area contributed by atoms with E-state index >= 15 is 0 Å². The maximum absolute atomic E-state index is 9.07. The molecule has 54 valence electrons. The van der Waals surface area contributed by atoms with E-state index in [1.807, 2.05) is 6.07 Å². The number of nitrogens with zero attached hydrogens (tertiary/aromatic N) is 1. The predicted octanol–water partition coefficient (Wildman–Crippen LogP) is 1.91. The lowest BCUT2D eigenvalue weighted by atomic mass is 10.1. The van der Waals surface area contributed by atoms with Gasteiger partial charge in [0.15, 0.2) is 0 Å². The van der Waals surface area contributed by atoms with Crippen molar-refractivity contribution in [2.24, 2.45) is 0 Å². The molecule has 0 atom stereocenters. The molecule has 0 aliphatic rings. The molecule has 0 saturated carbocycles. The van der Waals surface area contributed by atoms with Crippen molar-refractivity contribution in [1.82, 2.24) is 0 Å². The lowest BCUT2D eigenvalue weighted by molar-refractivity contribution is 0.473. The van der Waals surface area contributed by atoms with Gasteiger partial charge in [-0.1, -0.05) is 18.7 Å². The van der Waals surface area contributed by atoms with Gasteiger partial charge in [0.05, 0.1) is 5.56 Å². The van der Waals surface area contributed by atoms with Crippen molar-refractivity contribution in [3.63, 3.8) is 0 Å². The third-order valence-corrected chi connectivity index (χ3v) is 1.38. The van der Waals surface area contributed by atoms with Gasteiger partial charge < -0.3 is 5.11 Å². The number of nitriles is 1. The quantitative estimate of drug-likeness (QED) is 0.655. The Labute approximate surface area is 65.0 Å². The fourth-order valence-corrected chi connectivity index (χ4v) is 0.770. The van der Waals surface area contributed by atoms with Gasteiger partial charge in [-0.2, -0.15) is 5.26 Å². The minimum absolute atomic E-state index is 0.0121. The Morgan fingerprint density at radius 2 is 2.27 bits per heavy atom. The van der Waals surface area contributed by atoms with E-state index in [9.17, 15) is 0 Å². The Bertz CT molecular complexity index is 323. The maximum atomic E-state index is 9.07. The molecule has 0 bridgehead atoms. The second-order valence-electron chi connectivity index (χ2n) is 2.09. The first-order chi connectivity index (χ1) is 5.27. The zero-order valence-corrected chi connectivity index (χ0v) is 5.91. The first-order valence-corrected chi connectivity index (χ1v) is 3.13. The maximum Gasteiger partial charge on any atom is 0.133 e. The van der Waals surface area contributed by atoms with Gasteiger partial charge >= 0.3 is 0 Å². The van der Waals surface area contributed by atoms with Crippen molar-refractivity contribution >= 4 is 6.08 Å². The normalized spacial score (nSPS) is 8.64. The summed E-state index contributed by atoms with van der Waals surface area (Å²) < 4.78 is 0. The van der Waals surface area contributed by atoms with Crippen LogP contribution in [0.15, 0.2) is 24.8 Å². The highest BCUT2D eigenvalue weighted by Gasteiger charge is 1.98. The van der Waals surface area contributed by atoms with E-state index in [1.54, 1.807) is 18.2 Å². The molecule has 0 radical (unpaired) electrons. The van der Waals surface area contributed by atoms with E-state index in [-0.39, 0.29) is 11.3 Å². The minimum atomic E-state index is 0.0121. The van der Waals surface area contributed by atoms with Crippen molar-refractivity contribution in [2.45, 2.75) is 0 Å². The minimum Gasteiger partial charge on any atom is -0.507 e. The van der Waals surface area contributed by atoms with Crippen molar-refractivity contribution in [1.29, 1.82) is 5.26 Å². The topological polar surface area (TPSA) is 44.0 Å². The van der Waals surface area contributed by atoms with Crippen LogP contribution in [0.5, 0.6) is 5.75 Å². The van der Waals surface area contributed by atoms with Gasteiger partial charge in [-0.3, -0.25) is 0 Å². The van der Waals surface area contributed by atoms with Crippen LogP contribution < -0.4 is 0 Å². The van der Waals surface area contributed by atoms with Crippen LogP contribution in [0.3, 0.4) is 0 Å². The molecular weight excluding hydrogens is 138 g/mol. The van der Waals surface area contributed by atoms with E-state index in [4.69, 9.17) is 10.4 Å². The van der Waals surface area contributed by atoms with E-state index in [0.29, 0.717) is 0 Å². The molecule has 11 heavy (non-hydrogen) atoms. The summed E-state index contributed by atoms with van der Waals surface area (Å²) in [6.45, 7) is 3.54. The molecule has 0 fully saturated rings. The van der Waals surface area contributed by atoms with Crippen LogP contribution >= 0.6 is 0 Å². The molecule has 1 aromatic rings. The first kappa shape index (κ1) is 7.36. The zero-order valence-electron chi connectivity index (χ0n) is 5.91. The van der Waals surface area contributed by atoms with Crippen LogP contribution in [-0.2, 0) is 0 Å². The van der Waals surface area contributed by atoms with Crippen molar-refractivity contribution in [2.75, 3.05) is 0 Å². The van der Waals surface area contributed by atoms with E-state index in [0.717, 1.165) is 5.56 Å². The Morgan fingerprint density at radius 3 is 2.82 bits per heavy atom. The third-order valence-electron chi connectivity index (χ3n) is 1.38. The average Bonchev–Trinajstić information content (AvgIpc) is 2.05. The smallest absolute Gasteiger partial charge is 0.133 e. The fraction of sp³-hybridized carbons (Fsp3) is 0. The molecular formula is C9H7NO. The van der Waals surface area contributed by atoms with Crippen LogP contribution in [0.2, 0.25) is 0 Å². The molecule has 2 heteroatoms. The molecule has 0 aliphatic carbocycles. The molecule has 0 aromatic heterocycles. The Hall–Kier alpha value is -1.75. The molecule has 0 unspecified atom stereocenters. The van der Waals surface area contributed by atoms with E-state index < -0.39 is 0 Å². The molecule has 1 aromatic carbocycles. The van der Waals surface area contributed by atoms with Crippen molar-refractivity contribution < 1.29 is 5.11 Å². The van der Waals surface area contributed by atoms with Gasteiger partial charge in [0.2, 0.25) is 0 Å². The van der Waals surface area contributed by atoms with E-state index in [1.165, 1.54) is 6.07 Å². The molecule has 1 rings (SSSR count). The molecule has 0 heterocycles. The predicted molar refractivity (Wildman–Crippen MR) is 42.9 cm³/mol. The number of hydrogen-bond acceptors (Lipinski definition) is 2. The standard InChI is InChI=1S/C9H7NO/c1-2-7-3-4-9(11)8(5-7)6-10/h2-5,11H,1H2. The molecule has 0 aliphatic heterocycles. The van der Waals surface area contributed by atoms with Gasteiger partial charge in [0.1, 0.15) is 11.8 Å². The summed E-state index contributed by atoms with van der Waals surface area (Å²) in [6.07, 6.45) is 1.63. The average molecular weight is 145 g/mol. The number of rotatable bonds is 1. The van der Waals surface area contributed by atoms with Crippen LogP contribution in [0.25, 0.3) is 6.08 Å². The molecule has 1 N–H and O–H groups in total. The summed E-state index contributed by atoms with van der Waals surface area (Å²) in [5, 5.41) is 17.6. The zero-order chi connectivity index (χ0) is 8.27. The number of phenolic OH excluding ortho intramolecular Hbond substituents is 1. The summed E-state index contributed by atoms with van der Waals surface area (Å²) in [5.74, 6) is 0.0121. The summed E-state index contributed by atoms with van der Waals surface area (Å²) in [5.41, 5.74) is 1.11.